The lowest BCUT2D eigenvalue weighted by Gasteiger charge is -2.50. The minimum atomic E-state index is 0.130. The van der Waals surface area contributed by atoms with E-state index in [-0.39, 0.29) is 6.61 Å². The van der Waals surface area contributed by atoms with Gasteiger partial charge < -0.3 is 5.11 Å². The molecule has 1 N–H and O–H groups in total. The van der Waals surface area contributed by atoms with Gasteiger partial charge in [-0.1, -0.05) is 42.0 Å². The lowest BCUT2D eigenvalue weighted by atomic mass is 9.58. The number of nitrogens with zero attached hydrogens (tertiary/aromatic N) is 1. The van der Waals surface area contributed by atoms with Crippen LogP contribution >= 0.6 is 0 Å². The Morgan fingerprint density at radius 1 is 1.00 bits per heavy atom. The van der Waals surface area contributed by atoms with Crippen LogP contribution in [0, 0.1) is 13.8 Å². The normalized spacial score (nSPS) is 19.1. The third-order valence-corrected chi connectivity index (χ3v) is 6.13. The van der Waals surface area contributed by atoms with Gasteiger partial charge in [0.2, 0.25) is 0 Å². The first-order valence-electron chi connectivity index (χ1n) is 9.11. The molecule has 2 aromatic rings. The number of aryl methyl sites for hydroxylation is 2. The lowest BCUT2D eigenvalue weighted by Crippen LogP contribution is -2.49. The fraction of sp³-hybridized carbons (Fsp3) is 0.455. The average molecular weight is 321 g/mol. The summed E-state index contributed by atoms with van der Waals surface area (Å²) in [6, 6.07) is 13.2. The highest BCUT2D eigenvalue weighted by atomic mass is 16.3. The number of benzene rings is 2. The molecule has 0 atom stereocenters. The number of hydrogen-bond donors (Lipinski definition) is 1. The van der Waals surface area contributed by atoms with E-state index in [9.17, 15) is 0 Å². The summed E-state index contributed by atoms with van der Waals surface area (Å²) < 4.78 is 0. The van der Waals surface area contributed by atoms with Gasteiger partial charge in [-0.15, -0.1) is 0 Å². The van der Waals surface area contributed by atoms with Gasteiger partial charge in [0.15, 0.2) is 0 Å². The first-order valence-corrected chi connectivity index (χ1v) is 9.11. The van der Waals surface area contributed by atoms with Crippen molar-refractivity contribution in [2.75, 3.05) is 13.1 Å². The van der Waals surface area contributed by atoms with Gasteiger partial charge in [-0.3, -0.25) is 4.90 Å². The number of aliphatic hydroxyl groups excluding tert-OH is 1. The van der Waals surface area contributed by atoms with Crippen LogP contribution < -0.4 is 0 Å². The Hall–Kier alpha value is -1.64. The predicted octanol–water partition coefficient (Wildman–Crippen LogP) is 3.89. The standard InChI is InChI=1S/C22H27NO/c1-16-11-17(2)20-13-22(21(20)12-16)7-9-23(10-8-22)14-18-3-5-19(15-24)6-4-18/h3-6,11-12,24H,7-10,13-15H2,1-2H3. The van der Waals surface area contributed by atoms with Crippen LogP contribution in [0.15, 0.2) is 36.4 Å². The minimum Gasteiger partial charge on any atom is -0.392 e. The van der Waals surface area contributed by atoms with Crippen molar-refractivity contribution in [2.24, 2.45) is 0 Å². The number of rotatable bonds is 3. The Kier molecular flexibility index (Phi) is 3.98. The van der Waals surface area contributed by atoms with Crippen LogP contribution in [0.25, 0.3) is 0 Å². The van der Waals surface area contributed by atoms with Crippen LogP contribution in [-0.4, -0.2) is 23.1 Å². The zero-order valence-corrected chi connectivity index (χ0v) is 14.8. The second kappa shape index (κ2) is 6.02. The largest absolute Gasteiger partial charge is 0.392 e. The molecule has 1 spiro atoms. The Morgan fingerprint density at radius 2 is 1.67 bits per heavy atom. The number of likely N-dealkylation sites (tertiary alicyclic amines) is 1. The quantitative estimate of drug-likeness (QED) is 0.927. The van der Waals surface area contributed by atoms with Gasteiger partial charge in [0.05, 0.1) is 6.61 Å². The maximum atomic E-state index is 9.15. The van der Waals surface area contributed by atoms with Gasteiger partial charge in [-0.05, 0) is 74.0 Å². The van der Waals surface area contributed by atoms with E-state index < -0.39 is 0 Å². The van der Waals surface area contributed by atoms with Crippen molar-refractivity contribution in [2.45, 2.75) is 51.7 Å². The Morgan fingerprint density at radius 3 is 2.33 bits per heavy atom. The second-order valence-electron chi connectivity index (χ2n) is 7.82. The summed E-state index contributed by atoms with van der Waals surface area (Å²) >= 11 is 0. The van der Waals surface area contributed by atoms with E-state index in [0.717, 1.165) is 12.1 Å². The molecule has 126 valence electrons. The van der Waals surface area contributed by atoms with Gasteiger partial charge in [0.25, 0.3) is 0 Å². The minimum absolute atomic E-state index is 0.130. The Bertz CT molecular complexity index is 739. The number of piperidine rings is 1. The first-order chi connectivity index (χ1) is 11.6. The monoisotopic (exact) mass is 321 g/mol. The summed E-state index contributed by atoms with van der Waals surface area (Å²) in [4.78, 5) is 2.58. The molecular weight excluding hydrogens is 294 g/mol. The van der Waals surface area contributed by atoms with Crippen LogP contribution in [0.2, 0.25) is 0 Å². The first kappa shape index (κ1) is 15.9. The zero-order chi connectivity index (χ0) is 16.7. The molecule has 0 saturated carbocycles. The molecule has 2 nitrogen and oxygen atoms in total. The average Bonchev–Trinajstić information content (AvgIpc) is 2.59. The van der Waals surface area contributed by atoms with Crippen molar-refractivity contribution >= 4 is 0 Å². The molecule has 0 amide bonds. The molecule has 0 aromatic heterocycles. The molecule has 0 unspecified atom stereocenters. The van der Waals surface area contributed by atoms with Crippen LogP contribution in [0.3, 0.4) is 0 Å². The molecule has 0 bridgehead atoms. The molecule has 0 radical (unpaired) electrons. The molecule has 1 saturated heterocycles. The highest BCUT2D eigenvalue weighted by molar-refractivity contribution is 5.51. The third kappa shape index (κ3) is 2.68. The number of fused-ring (bicyclic) bond motifs is 2. The summed E-state index contributed by atoms with van der Waals surface area (Å²) in [5.41, 5.74) is 8.97. The summed E-state index contributed by atoms with van der Waals surface area (Å²) in [5, 5.41) is 9.15. The lowest BCUT2D eigenvalue weighted by molar-refractivity contribution is 0.137. The van der Waals surface area contributed by atoms with Gasteiger partial charge in [-0.25, -0.2) is 0 Å². The molecule has 2 heteroatoms. The molecule has 4 rings (SSSR count). The zero-order valence-electron chi connectivity index (χ0n) is 14.8. The predicted molar refractivity (Wildman–Crippen MR) is 98.2 cm³/mol. The van der Waals surface area contributed by atoms with Crippen LogP contribution in [0.5, 0.6) is 0 Å². The molecule has 1 aliphatic carbocycles. The third-order valence-electron chi connectivity index (χ3n) is 6.13. The van der Waals surface area contributed by atoms with Crippen LogP contribution in [0.4, 0.5) is 0 Å². The van der Waals surface area contributed by atoms with Gasteiger partial charge >= 0.3 is 0 Å². The fourth-order valence-corrected chi connectivity index (χ4v) is 4.63. The Balaban J connectivity index is 1.42. The van der Waals surface area contributed by atoms with Crippen LogP contribution in [0.1, 0.15) is 46.2 Å². The number of aliphatic hydroxyl groups is 1. The summed E-state index contributed by atoms with van der Waals surface area (Å²) in [6.07, 6.45) is 3.86. The van der Waals surface area contributed by atoms with E-state index >= 15 is 0 Å². The van der Waals surface area contributed by atoms with Crippen molar-refractivity contribution in [3.8, 4) is 0 Å². The van der Waals surface area contributed by atoms with E-state index in [1.807, 2.05) is 12.1 Å². The summed E-state index contributed by atoms with van der Waals surface area (Å²) in [6.45, 7) is 8.03. The van der Waals surface area contributed by atoms with Gasteiger partial charge in [-0.2, -0.15) is 0 Å². The topological polar surface area (TPSA) is 23.5 Å². The molecule has 24 heavy (non-hydrogen) atoms. The molecule has 1 aliphatic heterocycles. The molecule has 1 fully saturated rings. The van der Waals surface area contributed by atoms with Gasteiger partial charge in [0, 0.05) is 12.0 Å². The van der Waals surface area contributed by atoms with E-state index in [4.69, 9.17) is 5.11 Å². The smallest absolute Gasteiger partial charge is 0.0681 e. The van der Waals surface area contributed by atoms with Gasteiger partial charge in [0.1, 0.15) is 0 Å². The van der Waals surface area contributed by atoms with Crippen molar-refractivity contribution in [1.29, 1.82) is 0 Å². The van der Waals surface area contributed by atoms with Crippen LogP contribution in [-0.2, 0) is 25.0 Å². The summed E-state index contributed by atoms with van der Waals surface area (Å²) in [5.74, 6) is 0. The van der Waals surface area contributed by atoms with E-state index in [2.05, 4.69) is 43.0 Å². The van der Waals surface area contributed by atoms with E-state index in [1.165, 1.54) is 49.0 Å². The molecular formula is C22H27NO. The number of hydrogen-bond acceptors (Lipinski definition) is 2. The Labute approximate surface area is 145 Å². The molecule has 2 aliphatic rings. The highest BCUT2D eigenvalue weighted by Crippen LogP contribution is 2.49. The van der Waals surface area contributed by atoms with Crippen molar-refractivity contribution in [1.82, 2.24) is 4.90 Å². The van der Waals surface area contributed by atoms with E-state index in [1.54, 1.807) is 11.1 Å². The SMILES string of the molecule is Cc1cc(C)c2c(c1)C1(CCN(Cc3ccc(CO)cc3)CC1)C2. The maximum absolute atomic E-state index is 9.15. The molecule has 1 heterocycles. The second-order valence-corrected chi connectivity index (χ2v) is 7.82. The fourth-order valence-electron chi connectivity index (χ4n) is 4.63. The molecule has 2 aromatic carbocycles. The summed E-state index contributed by atoms with van der Waals surface area (Å²) in [7, 11) is 0. The van der Waals surface area contributed by atoms with Crippen molar-refractivity contribution in [3.63, 3.8) is 0 Å². The van der Waals surface area contributed by atoms with Crippen molar-refractivity contribution in [3.05, 3.63) is 69.8 Å². The van der Waals surface area contributed by atoms with E-state index in [0.29, 0.717) is 5.41 Å². The maximum Gasteiger partial charge on any atom is 0.0681 e. The highest BCUT2D eigenvalue weighted by Gasteiger charge is 2.45. The van der Waals surface area contributed by atoms with Crippen molar-refractivity contribution < 1.29 is 5.11 Å².